The predicted molar refractivity (Wildman–Crippen MR) is 66.7 cm³/mol. The lowest BCUT2D eigenvalue weighted by Crippen LogP contribution is -2.33. The van der Waals surface area contributed by atoms with E-state index in [1.807, 2.05) is 0 Å². The number of nitrogens with one attached hydrogen (secondary N) is 1. The van der Waals surface area contributed by atoms with Crippen molar-refractivity contribution >= 4 is 23.4 Å². The molecular weight excluding hydrogens is 278 g/mol. The van der Waals surface area contributed by atoms with Crippen molar-refractivity contribution in [3.63, 3.8) is 0 Å². The average molecular weight is 286 g/mol. The summed E-state index contributed by atoms with van der Waals surface area (Å²) in [7, 11) is 1.60. The molecule has 2 rings (SSSR count). The minimum Gasteiger partial charge on any atom is -0.265 e. The predicted octanol–water partition coefficient (Wildman–Crippen LogP) is 0.204. The van der Waals surface area contributed by atoms with E-state index in [2.05, 4.69) is 20.3 Å². The van der Waals surface area contributed by atoms with Crippen LogP contribution in [-0.2, 0) is 12.8 Å². The first-order valence-corrected chi connectivity index (χ1v) is 6.21. The fourth-order valence-corrected chi connectivity index (χ4v) is 2.07. The topological polar surface area (TPSA) is 93.5 Å². The van der Waals surface area contributed by atoms with E-state index in [4.69, 9.17) is 11.6 Å². The summed E-state index contributed by atoms with van der Waals surface area (Å²) in [5, 5.41) is 10.7. The highest BCUT2D eigenvalue weighted by Crippen LogP contribution is 2.17. The summed E-state index contributed by atoms with van der Waals surface area (Å²) in [5.41, 5.74) is -0.851. The van der Waals surface area contributed by atoms with Gasteiger partial charge in [-0.1, -0.05) is 23.4 Å². The zero-order chi connectivity index (χ0) is 13.1. The summed E-state index contributed by atoms with van der Waals surface area (Å²) in [4.78, 5) is 25.8. The summed E-state index contributed by atoms with van der Waals surface area (Å²) in [6.07, 6.45) is 0. The van der Waals surface area contributed by atoms with Gasteiger partial charge in [0.15, 0.2) is 10.3 Å². The molecule has 7 nitrogen and oxygen atoms in total. The molecule has 0 spiro atoms. The summed E-state index contributed by atoms with van der Waals surface area (Å²) < 4.78 is 1.39. The van der Waals surface area contributed by atoms with Gasteiger partial charge in [0.1, 0.15) is 0 Å². The standard InChI is InChI=1S/C9H8ClN5O2S/c1-15-9(11-7(16)8(17)14-15)18-4-5-2-3-6(10)13-12-5/h2-3H,4H2,1H3,(H,14,17). The number of H-pyrrole nitrogens is 1. The van der Waals surface area contributed by atoms with Crippen LogP contribution < -0.4 is 11.1 Å². The summed E-state index contributed by atoms with van der Waals surface area (Å²) in [6, 6.07) is 3.36. The Balaban J connectivity index is 2.15. The number of aryl methyl sites for hydroxylation is 1. The highest BCUT2D eigenvalue weighted by molar-refractivity contribution is 7.98. The van der Waals surface area contributed by atoms with Crippen LogP contribution in [0.2, 0.25) is 5.15 Å². The van der Waals surface area contributed by atoms with Crippen LogP contribution in [0.5, 0.6) is 0 Å². The number of nitrogens with zero attached hydrogens (tertiary/aromatic N) is 4. The van der Waals surface area contributed by atoms with E-state index < -0.39 is 11.1 Å². The van der Waals surface area contributed by atoms with Crippen LogP contribution in [0.1, 0.15) is 5.69 Å². The Bertz CT molecular complexity index is 666. The summed E-state index contributed by atoms with van der Waals surface area (Å²) in [6.45, 7) is 0. The normalized spacial score (nSPS) is 10.6. The first-order chi connectivity index (χ1) is 8.56. The van der Waals surface area contributed by atoms with Gasteiger partial charge in [0.2, 0.25) is 0 Å². The van der Waals surface area contributed by atoms with Crippen molar-refractivity contribution < 1.29 is 0 Å². The SMILES string of the molecule is Cn1[nH]c(=O)c(=O)nc1SCc1ccc(Cl)nn1. The Hall–Kier alpha value is -1.67. The van der Waals surface area contributed by atoms with E-state index in [1.54, 1.807) is 19.2 Å². The van der Waals surface area contributed by atoms with E-state index in [1.165, 1.54) is 16.4 Å². The van der Waals surface area contributed by atoms with E-state index in [0.29, 0.717) is 21.8 Å². The smallest absolute Gasteiger partial charge is 0.265 e. The molecule has 0 bridgehead atoms. The van der Waals surface area contributed by atoms with Gasteiger partial charge in [0.05, 0.1) is 5.69 Å². The third-order valence-electron chi connectivity index (χ3n) is 1.98. The second-order valence-corrected chi connectivity index (χ2v) is 4.67. The molecule has 0 aliphatic heterocycles. The Kier molecular flexibility index (Phi) is 3.78. The molecule has 94 valence electrons. The maximum atomic E-state index is 11.1. The number of halogens is 1. The maximum Gasteiger partial charge on any atom is 0.339 e. The molecule has 0 fully saturated rings. The second kappa shape index (κ2) is 5.32. The molecule has 9 heteroatoms. The number of hydrogen-bond donors (Lipinski definition) is 1. The largest absolute Gasteiger partial charge is 0.339 e. The van der Waals surface area contributed by atoms with Crippen LogP contribution in [0, 0.1) is 0 Å². The first-order valence-electron chi connectivity index (χ1n) is 4.84. The Morgan fingerprint density at radius 1 is 1.39 bits per heavy atom. The zero-order valence-electron chi connectivity index (χ0n) is 9.25. The van der Waals surface area contributed by atoms with Gasteiger partial charge in [-0.15, -0.1) is 5.10 Å². The first kappa shape index (κ1) is 12.8. The Labute approximate surface area is 110 Å². The molecule has 0 saturated carbocycles. The van der Waals surface area contributed by atoms with Gasteiger partial charge >= 0.3 is 11.1 Å². The summed E-state index contributed by atoms with van der Waals surface area (Å²) >= 11 is 6.88. The molecule has 0 saturated heterocycles. The van der Waals surface area contributed by atoms with Gasteiger partial charge in [-0.3, -0.25) is 19.4 Å². The van der Waals surface area contributed by atoms with Crippen molar-refractivity contribution in [1.82, 2.24) is 25.0 Å². The van der Waals surface area contributed by atoms with Gasteiger partial charge in [-0.2, -0.15) is 10.1 Å². The number of aromatic nitrogens is 5. The highest BCUT2D eigenvalue weighted by atomic mass is 35.5. The quantitative estimate of drug-likeness (QED) is 0.640. The molecule has 2 heterocycles. The van der Waals surface area contributed by atoms with E-state index in [9.17, 15) is 9.59 Å². The number of aromatic amines is 1. The molecular formula is C9H8ClN5O2S. The van der Waals surface area contributed by atoms with Crippen molar-refractivity contribution in [2.45, 2.75) is 10.9 Å². The highest BCUT2D eigenvalue weighted by Gasteiger charge is 2.05. The van der Waals surface area contributed by atoms with Crippen LogP contribution in [0.3, 0.4) is 0 Å². The molecule has 18 heavy (non-hydrogen) atoms. The van der Waals surface area contributed by atoms with Crippen molar-refractivity contribution in [2.24, 2.45) is 7.05 Å². The lowest BCUT2D eigenvalue weighted by molar-refractivity contribution is 0.596. The number of hydrogen-bond acceptors (Lipinski definition) is 6. The van der Waals surface area contributed by atoms with Crippen LogP contribution in [0.15, 0.2) is 26.9 Å². The fourth-order valence-electron chi connectivity index (χ4n) is 1.15. The Morgan fingerprint density at radius 2 is 2.17 bits per heavy atom. The molecule has 0 aliphatic rings. The molecule has 2 aromatic heterocycles. The number of rotatable bonds is 3. The van der Waals surface area contributed by atoms with Crippen LogP contribution in [0.4, 0.5) is 0 Å². The van der Waals surface area contributed by atoms with Gasteiger partial charge in [-0.25, -0.2) is 0 Å². The van der Waals surface area contributed by atoms with E-state index >= 15 is 0 Å². The monoisotopic (exact) mass is 285 g/mol. The molecule has 2 aromatic rings. The van der Waals surface area contributed by atoms with Gasteiger partial charge < -0.3 is 0 Å². The van der Waals surface area contributed by atoms with Gasteiger partial charge in [0, 0.05) is 12.8 Å². The molecule has 0 aromatic carbocycles. The van der Waals surface area contributed by atoms with Gasteiger partial charge in [0.25, 0.3) is 0 Å². The fraction of sp³-hybridized carbons (Fsp3) is 0.222. The van der Waals surface area contributed by atoms with Crippen molar-refractivity contribution in [3.05, 3.63) is 43.7 Å². The molecule has 0 radical (unpaired) electrons. The second-order valence-electron chi connectivity index (χ2n) is 3.34. The van der Waals surface area contributed by atoms with E-state index in [-0.39, 0.29) is 0 Å². The molecule has 0 atom stereocenters. The third-order valence-corrected chi connectivity index (χ3v) is 3.25. The lowest BCUT2D eigenvalue weighted by Gasteiger charge is -2.04. The third kappa shape index (κ3) is 2.96. The van der Waals surface area contributed by atoms with Crippen molar-refractivity contribution in [1.29, 1.82) is 0 Å². The molecule has 1 N–H and O–H groups in total. The van der Waals surface area contributed by atoms with Crippen molar-refractivity contribution in [3.8, 4) is 0 Å². The lowest BCUT2D eigenvalue weighted by atomic mass is 10.4. The average Bonchev–Trinajstić information content (AvgIpc) is 2.34. The van der Waals surface area contributed by atoms with Crippen LogP contribution >= 0.6 is 23.4 Å². The minimum atomic E-state index is -0.808. The summed E-state index contributed by atoms with van der Waals surface area (Å²) in [5.74, 6) is 0.469. The van der Waals surface area contributed by atoms with Gasteiger partial charge in [-0.05, 0) is 12.1 Å². The van der Waals surface area contributed by atoms with Crippen LogP contribution in [-0.4, -0.2) is 25.0 Å². The van der Waals surface area contributed by atoms with Crippen molar-refractivity contribution in [2.75, 3.05) is 0 Å². The number of thioether (sulfide) groups is 1. The van der Waals surface area contributed by atoms with Crippen LogP contribution in [0.25, 0.3) is 0 Å². The molecule has 0 unspecified atom stereocenters. The minimum absolute atomic E-state index is 0.318. The molecule has 0 amide bonds. The Morgan fingerprint density at radius 3 is 2.83 bits per heavy atom. The zero-order valence-corrected chi connectivity index (χ0v) is 10.8. The maximum absolute atomic E-state index is 11.1. The van der Waals surface area contributed by atoms with E-state index in [0.717, 1.165) is 0 Å². The molecule has 0 aliphatic carbocycles.